The Morgan fingerprint density at radius 2 is 0.882 bits per heavy atom. The maximum Gasteiger partial charge on any atom is 0.193 e. The predicted octanol–water partition coefficient (Wildman–Crippen LogP) is 6.22. The molecule has 168 valence electrons. The van der Waals surface area contributed by atoms with Crippen LogP contribution in [0.2, 0.25) is 0 Å². The molecule has 0 aliphatic heterocycles. The first-order valence-corrected chi connectivity index (χ1v) is 11.0. The van der Waals surface area contributed by atoms with Gasteiger partial charge in [0.15, 0.2) is 17.3 Å². The highest BCUT2D eigenvalue weighted by Crippen LogP contribution is 2.16. The van der Waals surface area contributed by atoms with Crippen molar-refractivity contribution in [3.05, 3.63) is 142 Å². The first-order valence-electron chi connectivity index (χ1n) is 11.0. The van der Waals surface area contributed by atoms with E-state index in [4.69, 9.17) is 0 Å². The summed E-state index contributed by atoms with van der Waals surface area (Å²) in [6.45, 7) is 1.98. The summed E-state index contributed by atoms with van der Waals surface area (Å²) in [4.78, 5) is 37.7. The molecule has 0 bridgehead atoms. The summed E-state index contributed by atoms with van der Waals surface area (Å²) in [6.07, 6.45) is 0.443. The van der Waals surface area contributed by atoms with Gasteiger partial charge in [-0.1, -0.05) is 78.4 Å². The van der Waals surface area contributed by atoms with E-state index >= 15 is 0 Å². The number of ketones is 3. The second kappa shape index (κ2) is 10.2. The lowest BCUT2D eigenvalue weighted by atomic mass is 9.97. The van der Waals surface area contributed by atoms with Gasteiger partial charge in [-0.25, -0.2) is 4.39 Å². The van der Waals surface area contributed by atoms with Crippen molar-refractivity contribution in [2.75, 3.05) is 0 Å². The standard InChI is InChI=1S/C30H23FO3/c1-20-2-8-23(9-3-20)28(32)18-21-4-10-25(11-5-21)30(34)26-12-6-22(7-13-26)19-29(33)24-14-16-27(31)17-15-24/h2-17H,18-19H2,1H3. The second-order valence-corrected chi connectivity index (χ2v) is 8.30. The van der Waals surface area contributed by atoms with Gasteiger partial charge >= 0.3 is 0 Å². The zero-order valence-corrected chi connectivity index (χ0v) is 18.8. The number of rotatable bonds is 8. The van der Waals surface area contributed by atoms with Gasteiger partial charge in [0.2, 0.25) is 0 Å². The van der Waals surface area contributed by atoms with Gasteiger partial charge in [0.1, 0.15) is 5.82 Å². The van der Waals surface area contributed by atoms with Gasteiger partial charge < -0.3 is 0 Å². The molecular weight excluding hydrogens is 427 g/mol. The van der Waals surface area contributed by atoms with Gasteiger partial charge in [0.05, 0.1) is 0 Å². The maximum absolute atomic E-state index is 13.0. The average Bonchev–Trinajstić information content (AvgIpc) is 2.85. The smallest absolute Gasteiger partial charge is 0.193 e. The molecule has 0 aliphatic carbocycles. The van der Waals surface area contributed by atoms with E-state index < -0.39 is 0 Å². The van der Waals surface area contributed by atoms with E-state index in [9.17, 15) is 18.8 Å². The van der Waals surface area contributed by atoms with Crippen molar-refractivity contribution in [3.8, 4) is 0 Å². The summed E-state index contributed by atoms with van der Waals surface area (Å²) < 4.78 is 13.0. The zero-order valence-electron chi connectivity index (χ0n) is 18.8. The highest BCUT2D eigenvalue weighted by atomic mass is 19.1. The van der Waals surface area contributed by atoms with E-state index in [1.165, 1.54) is 24.3 Å². The number of carbonyl (C=O) groups is 3. The van der Waals surface area contributed by atoms with E-state index in [1.807, 2.05) is 31.2 Å². The third-order valence-electron chi connectivity index (χ3n) is 5.70. The molecule has 4 aromatic rings. The van der Waals surface area contributed by atoms with Gasteiger partial charge in [-0.15, -0.1) is 0 Å². The van der Waals surface area contributed by atoms with Crippen LogP contribution in [0.15, 0.2) is 97.1 Å². The van der Waals surface area contributed by atoms with E-state index in [2.05, 4.69) is 0 Å². The van der Waals surface area contributed by atoms with E-state index in [0.29, 0.717) is 22.3 Å². The molecule has 0 aromatic heterocycles. The van der Waals surface area contributed by atoms with Gasteiger partial charge in [-0.3, -0.25) is 14.4 Å². The van der Waals surface area contributed by atoms with Crippen LogP contribution in [0.5, 0.6) is 0 Å². The van der Waals surface area contributed by atoms with Gasteiger partial charge in [0, 0.05) is 35.1 Å². The summed E-state index contributed by atoms with van der Waals surface area (Å²) in [5.41, 5.74) is 4.88. The first-order chi connectivity index (χ1) is 16.4. The van der Waals surface area contributed by atoms with Crippen LogP contribution in [0, 0.1) is 12.7 Å². The molecule has 4 rings (SSSR count). The van der Waals surface area contributed by atoms with Crippen LogP contribution in [0.4, 0.5) is 4.39 Å². The van der Waals surface area contributed by atoms with Gasteiger partial charge in [-0.05, 0) is 42.3 Å². The molecular formula is C30H23FO3. The van der Waals surface area contributed by atoms with Crippen molar-refractivity contribution < 1.29 is 18.8 Å². The lowest BCUT2D eigenvalue weighted by molar-refractivity contribution is 0.0984. The van der Waals surface area contributed by atoms with Crippen LogP contribution in [0.1, 0.15) is 53.3 Å². The number of benzene rings is 4. The molecule has 4 heteroatoms. The third kappa shape index (κ3) is 5.59. The van der Waals surface area contributed by atoms with E-state index in [0.717, 1.165) is 16.7 Å². The number of aryl methyl sites for hydroxylation is 1. The SMILES string of the molecule is Cc1ccc(C(=O)Cc2ccc(C(=O)c3ccc(CC(=O)c4ccc(F)cc4)cc3)cc2)cc1. The topological polar surface area (TPSA) is 51.2 Å². The first kappa shape index (κ1) is 23.0. The van der Waals surface area contributed by atoms with Crippen molar-refractivity contribution in [2.24, 2.45) is 0 Å². The number of carbonyl (C=O) groups excluding carboxylic acids is 3. The number of hydrogen-bond acceptors (Lipinski definition) is 3. The molecule has 0 fully saturated rings. The van der Waals surface area contributed by atoms with Crippen molar-refractivity contribution in [3.63, 3.8) is 0 Å². The molecule has 3 nitrogen and oxygen atoms in total. The highest BCUT2D eigenvalue weighted by molar-refractivity contribution is 6.09. The molecule has 0 radical (unpaired) electrons. The normalized spacial score (nSPS) is 10.6. The molecule has 0 amide bonds. The molecule has 4 aromatic carbocycles. The second-order valence-electron chi connectivity index (χ2n) is 8.30. The quantitative estimate of drug-likeness (QED) is 0.300. The number of Topliss-reactive ketones (excluding diaryl/α,β-unsaturated/α-hetero) is 2. The minimum atomic E-state index is -0.384. The lowest BCUT2D eigenvalue weighted by Crippen LogP contribution is -2.06. The van der Waals surface area contributed by atoms with Crippen molar-refractivity contribution in [2.45, 2.75) is 19.8 Å². The van der Waals surface area contributed by atoms with Crippen LogP contribution >= 0.6 is 0 Å². The summed E-state index contributed by atoms with van der Waals surface area (Å²) >= 11 is 0. The minimum Gasteiger partial charge on any atom is -0.294 e. The fourth-order valence-corrected chi connectivity index (χ4v) is 3.66. The molecule has 0 spiro atoms. The summed E-state index contributed by atoms with van der Waals surface area (Å²) in [5, 5.41) is 0. The molecule has 0 unspecified atom stereocenters. The Morgan fingerprint density at radius 1 is 0.529 bits per heavy atom. The molecule has 34 heavy (non-hydrogen) atoms. The van der Waals surface area contributed by atoms with Crippen molar-refractivity contribution in [1.29, 1.82) is 0 Å². The molecule has 0 saturated carbocycles. The Bertz CT molecular complexity index is 1210. The Hall–Kier alpha value is -4.18. The maximum atomic E-state index is 13.0. The molecule has 0 heterocycles. The van der Waals surface area contributed by atoms with E-state index in [1.54, 1.807) is 48.5 Å². The monoisotopic (exact) mass is 450 g/mol. The van der Waals surface area contributed by atoms with Crippen LogP contribution in [0.3, 0.4) is 0 Å². The molecule has 0 aliphatic rings. The summed E-state index contributed by atoms with van der Waals surface area (Å²) in [5.74, 6) is -0.599. The third-order valence-corrected chi connectivity index (χ3v) is 5.70. The van der Waals surface area contributed by atoms with Crippen LogP contribution in [-0.4, -0.2) is 17.3 Å². The number of halogens is 1. The Labute approximate surface area is 197 Å². The fraction of sp³-hybridized carbons (Fsp3) is 0.100. The average molecular weight is 451 g/mol. The number of hydrogen-bond donors (Lipinski definition) is 0. The zero-order chi connectivity index (χ0) is 24.1. The highest BCUT2D eigenvalue weighted by Gasteiger charge is 2.12. The summed E-state index contributed by atoms with van der Waals surface area (Å²) in [6, 6.07) is 26.9. The van der Waals surface area contributed by atoms with Crippen LogP contribution in [0.25, 0.3) is 0 Å². The van der Waals surface area contributed by atoms with Crippen LogP contribution in [-0.2, 0) is 12.8 Å². The Morgan fingerprint density at radius 3 is 1.29 bits per heavy atom. The van der Waals surface area contributed by atoms with Crippen LogP contribution < -0.4 is 0 Å². The minimum absolute atomic E-state index is 0.0323. The van der Waals surface area contributed by atoms with Gasteiger partial charge in [-0.2, -0.15) is 0 Å². The molecule has 0 saturated heterocycles. The molecule has 0 N–H and O–H groups in total. The Kier molecular flexibility index (Phi) is 6.88. The van der Waals surface area contributed by atoms with Crippen molar-refractivity contribution in [1.82, 2.24) is 0 Å². The Balaban J connectivity index is 1.38. The van der Waals surface area contributed by atoms with E-state index in [-0.39, 0.29) is 36.0 Å². The lowest BCUT2D eigenvalue weighted by Gasteiger charge is -2.06. The van der Waals surface area contributed by atoms with Crippen molar-refractivity contribution >= 4 is 17.3 Å². The predicted molar refractivity (Wildman–Crippen MR) is 130 cm³/mol. The van der Waals surface area contributed by atoms with Gasteiger partial charge in [0.25, 0.3) is 0 Å². The fourth-order valence-electron chi connectivity index (χ4n) is 3.66. The largest absolute Gasteiger partial charge is 0.294 e. The summed E-state index contributed by atoms with van der Waals surface area (Å²) in [7, 11) is 0. The molecule has 0 atom stereocenters.